The van der Waals surface area contributed by atoms with Gasteiger partial charge in [-0.05, 0) is 97.2 Å². The van der Waals surface area contributed by atoms with Gasteiger partial charge in [0, 0.05) is 49.1 Å². The van der Waals surface area contributed by atoms with Crippen molar-refractivity contribution in [2.75, 3.05) is 0 Å². The van der Waals surface area contributed by atoms with E-state index >= 15 is 0 Å². The maximum Gasteiger partial charge on any atom is 0.169 e. The smallest absolute Gasteiger partial charge is 0.169 e. The van der Waals surface area contributed by atoms with Crippen LogP contribution in [0.2, 0.25) is 0 Å². The Balaban J connectivity index is 1.14. The normalized spacial score (nSPS) is 11.2. The van der Waals surface area contributed by atoms with Crippen LogP contribution in [0, 0.1) is 0 Å². The van der Waals surface area contributed by atoms with E-state index in [9.17, 15) is 0 Å². The summed E-state index contributed by atoms with van der Waals surface area (Å²) in [5.41, 5.74) is 5.51. The fraction of sp³-hybridized carbons (Fsp3) is 0.267. The molecule has 0 spiro atoms. The van der Waals surface area contributed by atoms with Crippen molar-refractivity contribution < 1.29 is 9.13 Å². The van der Waals surface area contributed by atoms with Gasteiger partial charge in [-0.15, -0.1) is 0 Å². The van der Waals surface area contributed by atoms with Gasteiger partial charge in [0.2, 0.25) is 0 Å². The van der Waals surface area contributed by atoms with E-state index in [1.807, 2.05) is 24.8 Å². The molecule has 0 amide bonds. The zero-order valence-corrected chi connectivity index (χ0v) is 19.8. The molecular formula is C30H34N4+2. The average molecular weight is 451 g/mol. The SMILES string of the molecule is C(=C\C[n+]1ccc(CCCc2ccncc2)cc1)/C[n+]1ccc(CCCc2ccncc2)cc1. The van der Waals surface area contributed by atoms with Gasteiger partial charge in [0.05, 0.1) is 0 Å². The Hall–Kier alpha value is -3.66. The molecule has 0 N–H and O–H groups in total. The van der Waals surface area contributed by atoms with Gasteiger partial charge in [-0.2, -0.15) is 0 Å². The van der Waals surface area contributed by atoms with Gasteiger partial charge in [0.15, 0.2) is 37.9 Å². The molecule has 172 valence electrons. The molecule has 4 aromatic rings. The molecule has 0 radical (unpaired) electrons. The topological polar surface area (TPSA) is 33.5 Å². The summed E-state index contributed by atoms with van der Waals surface area (Å²) in [6.07, 6.45) is 27.4. The fourth-order valence-corrected chi connectivity index (χ4v) is 4.04. The summed E-state index contributed by atoms with van der Waals surface area (Å²) in [4.78, 5) is 8.16. The number of allylic oxidation sites excluding steroid dienone is 2. The lowest BCUT2D eigenvalue weighted by Gasteiger charge is -2.02. The number of aromatic nitrogens is 4. The molecule has 4 aromatic heterocycles. The van der Waals surface area contributed by atoms with E-state index < -0.39 is 0 Å². The highest BCUT2D eigenvalue weighted by atomic mass is 14.9. The lowest BCUT2D eigenvalue weighted by atomic mass is 10.1. The van der Waals surface area contributed by atoms with Gasteiger partial charge < -0.3 is 0 Å². The number of hydrogen-bond donors (Lipinski definition) is 0. The van der Waals surface area contributed by atoms with Crippen LogP contribution >= 0.6 is 0 Å². The largest absolute Gasteiger partial charge is 0.265 e. The summed E-state index contributed by atoms with van der Waals surface area (Å²) >= 11 is 0. The van der Waals surface area contributed by atoms with Gasteiger partial charge in [-0.1, -0.05) is 0 Å². The lowest BCUT2D eigenvalue weighted by Crippen LogP contribution is -2.33. The summed E-state index contributed by atoms with van der Waals surface area (Å²) in [7, 11) is 0. The minimum absolute atomic E-state index is 0.894. The van der Waals surface area contributed by atoms with Gasteiger partial charge in [0.1, 0.15) is 0 Å². The van der Waals surface area contributed by atoms with Crippen molar-refractivity contribution in [2.24, 2.45) is 0 Å². The third-order valence-electron chi connectivity index (χ3n) is 6.08. The van der Waals surface area contributed by atoms with Crippen molar-refractivity contribution in [3.63, 3.8) is 0 Å². The second-order valence-corrected chi connectivity index (χ2v) is 8.70. The Labute approximate surface area is 203 Å². The lowest BCUT2D eigenvalue weighted by molar-refractivity contribution is -0.691. The summed E-state index contributed by atoms with van der Waals surface area (Å²) in [6.45, 7) is 1.79. The van der Waals surface area contributed by atoms with Gasteiger partial charge in [-0.25, -0.2) is 9.13 Å². The standard InChI is InChI=1S/C30H34N4/c1(21-33-23-13-29(14-24-33)7-3-5-27-9-17-31-18-10-27)2-22-34-25-15-30(16-26-34)8-4-6-28-11-19-32-20-12-28/h1-2,9-20,23-26H,3-8,21-22H2/q+2/b2-1+. The highest BCUT2D eigenvalue weighted by Gasteiger charge is 2.02. The Bertz CT molecular complexity index is 1030. The molecule has 0 saturated carbocycles. The zero-order valence-electron chi connectivity index (χ0n) is 19.8. The first-order valence-electron chi connectivity index (χ1n) is 12.2. The molecule has 0 atom stereocenters. The van der Waals surface area contributed by atoms with Crippen molar-refractivity contribution in [3.8, 4) is 0 Å². The zero-order chi connectivity index (χ0) is 23.3. The maximum atomic E-state index is 4.08. The predicted molar refractivity (Wildman–Crippen MR) is 135 cm³/mol. The van der Waals surface area contributed by atoms with E-state index in [1.54, 1.807) is 0 Å². The molecule has 4 heterocycles. The fourth-order valence-electron chi connectivity index (χ4n) is 4.04. The van der Waals surface area contributed by atoms with Crippen molar-refractivity contribution in [2.45, 2.75) is 51.6 Å². The first kappa shape index (κ1) is 23.5. The molecule has 4 nitrogen and oxygen atoms in total. The van der Waals surface area contributed by atoms with Gasteiger partial charge >= 0.3 is 0 Å². The van der Waals surface area contributed by atoms with E-state index in [2.05, 4.69) is 105 Å². The number of hydrogen-bond acceptors (Lipinski definition) is 2. The average Bonchev–Trinajstić information content (AvgIpc) is 2.90. The highest BCUT2D eigenvalue weighted by molar-refractivity contribution is 5.13. The van der Waals surface area contributed by atoms with E-state index in [0.717, 1.165) is 51.6 Å². The third kappa shape index (κ3) is 8.04. The predicted octanol–water partition coefficient (Wildman–Crippen LogP) is 4.66. The van der Waals surface area contributed by atoms with Crippen LogP contribution in [0.5, 0.6) is 0 Å². The molecule has 0 fully saturated rings. The summed E-state index contributed by atoms with van der Waals surface area (Å²) < 4.78 is 4.44. The monoisotopic (exact) mass is 450 g/mol. The second-order valence-electron chi connectivity index (χ2n) is 8.70. The minimum Gasteiger partial charge on any atom is -0.265 e. The Kier molecular flexibility index (Phi) is 9.08. The van der Waals surface area contributed by atoms with Crippen LogP contribution in [0.15, 0.2) is 110 Å². The molecule has 0 saturated heterocycles. The molecule has 0 bridgehead atoms. The van der Waals surface area contributed by atoms with Crippen LogP contribution in [0.3, 0.4) is 0 Å². The molecule has 0 aromatic carbocycles. The molecule has 4 rings (SSSR count). The molecule has 0 aliphatic carbocycles. The number of rotatable bonds is 12. The Morgan fingerprint density at radius 1 is 0.471 bits per heavy atom. The van der Waals surface area contributed by atoms with Crippen molar-refractivity contribution in [1.82, 2.24) is 9.97 Å². The summed E-state index contributed by atoms with van der Waals surface area (Å²) in [5.74, 6) is 0. The van der Waals surface area contributed by atoms with Crippen LogP contribution in [0.1, 0.15) is 35.1 Å². The number of nitrogens with zero attached hydrogens (tertiary/aromatic N) is 4. The summed E-state index contributed by atoms with van der Waals surface area (Å²) in [5, 5.41) is 0. The summed E-state index contributed by atoms with van der Waals surface area (Å²) in [6, 6.07) is 17.4. The number of aryl methyl sites for hydroxylation is 4. The number of pyridine rings is 4. The van der Waals surface area contributed by atoms with E-state index in [1.165, 1.54) is 22.3 Å². The van der Waals surface area contributed by atoms with Crippen molar-refractivity contribution in [3.05, 3.63) is 133 Å². The highest BCUT2D eigenvalue weighted by Crippen LogP contribution is 2.07. The van der Waals surface area contributed by atoms with Crippen molar-refractivity contribution in [1.29, 1.82) is 0 Å². The maximum absolute atomic E-state index is 4.08. The minimum atomic E-state index is 0.894. The van der Waals surface area contributed by atoms with Crippen molar-refractivity contribution >= 4 is 0 Å². The molecular weight excluding hydrogens is 416 g/mol. The Morgan fingerprint density at radius 3 is 1.15 bits per heavy atom. The molecule has 0 aliphatic rings. The van der Waals surface area contributed by atoms with Crippen LogP contribution in [-0.4, -0.2) is 9.97 Å². The van der Waals surface area contributed by atoms with Crippen LogP contribution in [0.25, 0.3) is 0 Å². The van der Waals surface area contributed by atoms with E-state index in [0.29, 0.717) is 0 Å². The Morgan fingerprint density at radius 2 is 0.794 bits per heavy atom. The molecule has 34 heavy (non-hydrogen) atoms. The van der Waals surface area contributed by atoms with Crippen LogP contribution < -0.4 is 9.13 Å². The van der Waals surface area contributed by atoms with E-state index in [4.69, 9.17) is 0 Å². The molecule has 0 aliphatic heterocycles. The first-order chi connectivity index (χ1) is 16.8. The van der Waals surface area contributed by atoms with Crippen LogP contribution in [0.4, 0.5) is 0 Å². The quantitative estimate of drug-likeness (QED) is 0.232. The van der Waals surface area contributed by atoms with E-state index in [-0.39, 0.29) is 0 Å². The first-order valence-corrected chi connectivity index (χ1v) is 12.2. The van der Waals surface area contributed by atoms with Gasteiger partial charge in [0.25, 0.3) is 0 Å². The van der Waals surface area contributed by atoms with Crippen LogP contribution in [-0.2, 0) is 38.8 Å². The van der Waals surface area contributed by atoms with Gasteiger partial charge in [-0.3, -0.25) is 9.97 Å². The third-order valence-corrected chi connectivity index (χ3v) is 6.08. The second kappa shape index (κ2) is 13.1. The molecule has 4 heteroatoms. The molecule has 0 unspecified atom stereocenters.